The van der Waals surface area contributed by atoms with Crippen molar-refractivity contribution in [3.63, 3.8) is 0 Å². The highest BCUT2D eigenvalue weighted by atomic mass is 127. The molecule has 0 bridgehead atoms. The summed E-state index contributed by atoms with van der Waals surface area (Å²) in [5.74, 6) is -4.41. The molecule has 3 N–H and O–H groups in total. The second-order valence-corrected chi connectivity index (χ2v) is 5.63. The lowest BCUT2D eigenvalue weighted by Gasteiger charge is -2.14. The number of anilines is 1. The lowest BCUT2D eigenvalue weighted by Crippen LogP contribution is -2.25. The first-order valence-corrected chi connectivity index (χ1v) is 6.96. The van der Waals surface area contributed by atoms with Crippen LogP contribution in [0.4, 0.5) is 14.6 Å². The summed E-state index contributed by atoms with van der Waals surface area (Å²) in [7, 11) is 0. The third kappa shape index (κ3) is 1.92. The number of benzene rings is 1. The van der Waals surface area contributed by atoms with Gasteiger partial charge in [-0.25, -0.2) is 8.78 Å². The topological polar surface area (TPSA) is 94.2 Å². The summed E-state index contributed by atoms with van der Waals surface area (Å²) >= 11 is 1.71. The third-order valence-corrected chi connectivity index (χ3v) is 4.07. The van der Waals surface area contributed by atoms with Gasteiger partial charge in [0, 0.05) is 9.64 Å². The summed E-state index contributed by atoms with van der Waals surface area (Å²) in [6.45, 7) is 0. The summed E-state index contributed by atoms with van der Waals surface area (Å²) in [6.07, 6.45) is 0. The number of aromatic nitrogens is 1. The van der Waals surface area contributed by atoms with Crippen molar-refractivity contribution in [3.05, 3.63) is 54.9 Å². The number of nitrogens with two attached hydrogens (primary N) is 1. The van der Waals surface area contributed by atoms with Crippen LogP contribution in [-0.2, 0) is 0 Å². The molecule has 1 aromatic heterocycles. The van der Waals surface area contributed by atoms with E-state index in [1.54, 1.807) is 22.6 Å². The Bertz CT molecular complexity index is 924. The highest BCUT2D eigenvalue weighted by molar-refractivity contribution is 14.1. The quantitative estimate of drug-likeness (QED) is 0.414. The van der Waals surface area contributed by atoms with Gasteiger partial charge in [0.05, 0.1) is 11.1 Å². The van der Waals surface area contributed by atoms with Crippen LogP contribution in [0, 0.1) is 15.2 Å². The Kier molecular flexibility index (Phi) is 3.24. The van der Waals surface area contributed by atoms with Crippen molar-refractivity contribution in [1.29, 1.82) is 0 Å². The first-order chi connectivity index (χ1) is 10.3. The average Bonchev–Trinajstić information content (AvgIpc) is 2.73. The maximum Gasteiger partial charge on any atom is 0.262 e. The zero-order chi connectivity index (χ0) is 16.2. The van der Waals surface area contributed by atoms with Gasteiger partial charge in [-0.1, -0.05) is 0 Å². The molecule has 0 unspecified atom stereocenters. The third-order valence-electron chi connectivity index (χ3n) is 3.20. The van der Waals surface area contributed by atoms with Crippen LogP contribution >= 0.6 is 22.6 Å². The largest absolute Gasteiger partial charge is 0.384 e. The average molecular weight is 417 g/mol. The molecule has 2 aromatic rings. The molecule has 1 aliphatic rings. The van der Waals surface area contributed by atoms with E-state index >= 15 is 0 Å². The summed E-state index contributed by atoms with van der Waals surface area (Å²) < 4.78 is 28.4. The Morgan fingerprint density at radius 1 is 1.14 bits per heavy atom. The Hall–Kier alpha value is -2.30. The standard InChI is InChI=1S/C13H6F2IN3O3/c14-5-1-2-6(16)10(9(5)15)19-7(20)3-4-8(11(19)17)13(22)18-12(4)21/h1-3H,17H2,(H,18,21,22). The monoisotopic (exact) mass is 417 g/mol. The van der Waals surface area contributed by atoms with Crippen LogP contribution in [0.15, 0.2) is 23.0 Å². The number of imide groups is 1. The molecule has 6 nitrogen and oxygen atoms in total. The Balaban J connectivity index is 2.43. The molecule has 0 spiro atoms. The van der Waals surface area contributed by atoms with Crippen molar-refractivity contribution in [1.82, 2.24) is 9.88 Å². The highest BCUT2D eigenvalue weighted by Gasteiger charge is 2.32. The fraction of sp³-hybridized carbons (Fsp3) is 0. The van der Waals surface area contributed by atoms with Crippen molar-refractivity contribution >= 4 is 40.2 Å². The van der Waals surface area contributed by atoms with E-state index in [0.717, 1.165) is 12.1 Å². The second-order valence-electron chi connectivity index (χ2n) is 4.47. The van der Waals surface area contributed by atoms with Crippen molar-refractivity contribution in [2.45, 2.75) is 0 Å². The zero-order valence-electron chi connectivity index (χ0n) is 10.6. The molecular formula is C13H6F2IN3O3. The maximum atomic E-state index is 14.1. The highest BCUT2D eigenvalue weighted by Crippen LogP contribution is 2.27. The van der Waals surface area contributed by atoms with Gasteiger partial charge in [-0.05, 0) is 34.7 Å². The molecule has 1 aromatic carbocycles. The molecule has 2 heterocycles. The summed E-state index contributed by atoms with van der Waals surface area (Å²) in [5.41, 5.74) is 4.10. The predicted molar refractivity (Wildman–Crippen MR) is 80.9 cm³/mol. The van der Waals surface area contributed by atoms with Crippen LogP contribution in [0.25, 0.3) is 5.69 Å². The number of nitrogens with one attached hydrogen (secondary N) is 1. The van der Waals surface area contributed by atoms with E-state index < -0.39 is 40.5 Å². The fourth-order valence-corrected chi connectivity index (χ4v) is 2.89. The molecule has 22 heavy (non-hydrogen) atoms. The van der Waals surface area contributed by atoms with Crippen molar-refractivity contribution in [3.8, 4) is 5.69 Å². The van der Waals surface area contributed by atoms with E-state index in [1.807, 2.05) is 5.32 Å². The molecular weight excluding hydrogens is 411 g/mol. The summed E-state index contributed by atoms with van der Waals surface area (Å²) in [6, 6.07) is 3.04. The van der Waals surface area contributed by atoms with Crippen LogP contribution in [-0.4, -0.2) is 16.4 Å². The van der Waals surface area contributed by atoms with Gasteiger partial charge in [0.2, 0.25) is 0 Å². The van der Waals surface area contributed by atoms with Gasteiger partial charge in [0.1, 0.15) is 11.5 Å². The van der Waals surface area contributed by atoms with Crippen LogP contribution in [0.1, 0.15) is 20.7 Å². The molecule has 3 rings (SSSR count). The van der Waals surface area contributed by atoms with E-state index in [4.69, 9.17) is 5.73 Å². The van der Waals surface area contributed by atoms with Crippen molar-refractivity contribution in [2.75, 3.05) is 5.73 Å². The molecule has 0 saturated carbocycles. The smallest absolute Gasteiger partial charge is 0.262 e. The number of rotatable bonds is 1. The van der Waals surface area contributed by atoms with Gasteiger partial charge in [0.25, 0.3) is 17.4 Å². The number of carbonyl (C=O) groups excluding carboxylic acids is 2. The minimum Gasteiger partial charge on any atom is -0.384 e. The SMILES string of the molecule is Nc1c2c(cc(=O)n1-c1c(I)ccc(F)c1F)C(=O)NC2=O. The Labute approximate surface area is 135 Å². The summed E-state index contributed by atoms with van der Waals surface area (Å²) in [4.78, 5) is 35.4. The van der Waals surface area contributed by atoms with Crippen molar-refractivity contribution < 1.29 is 18.4 Å². The van der Waals surface area contributed by atoms with E-state index in [9.17, 15) is 23.2 Å². The minimum atomic E-state index is -1.27. The molecule has 0 saturated heterocycles. The number of nitrogen functional groups attached to an aromatic ring is 1. The van der Waals surface area contributed by atoms with Crippen LogP contribution in [0.5, 0.6) is 0 Å². The number of halogens is 3. The molecule has 0 fully saturated rings. The number of pyridine rings is 1. The normalized spacial score (nSPS) is 13.2. The molecule has 1 aliphatic heterocycles. The lowest BCUT2D eigenvalue weighted by atomic mass is 10.1. The Morgan fingerprint density at radius 2 is 1.82 bits per heavy atom. The first kappa shape index (κ1) is 14.6. The van der Waals surface area contributed by atoms with Gasteiger partial charge in [-0.3, -0.25) is 24.3 Å². The van der Waals surface area contributed by atoms with Gasteiger partial charge in [0.15, 0.2) is 11.6 Å². The first-order valence-electron chi connectivity index (χ1n) is 5.88. The van der Waals surface area contributed by atoms with Crippen LogP contribution < -0.4 is 16.6 Å². The molecule has 0 radical (unpaired) electrons. The van der Waals surface area contributed by atoms with Gasteiger partial charge in [-0.2, -0.15) is 0 Å². The molecule has 2 amide bonds. The zero-order valence-corrected chi connectivity index (χ0v) is 12.8. The number of carbonyl (C=O) groups is 2. The molecule has 0 aliphatic carbocycles. The maximum absolute atomic E-state index is 14.1. The predicted octanol–water partition coefficient (Wildman–Crippen LogP) is 1.19. The molecule has 112 valence electrons. The van der Waals surface area contributed by atoms with Gasteiger partial charge in [-0.15, -0.1) is 0 Å². The van der Waals surface area contributed by atoms with Gasteiger partial charge >= 0.3 is 0 Å². The Morgan fingerprint density at radius 3 is 2.50 bits per heavy atom. The van der Waals surface area contributed by atoms with E-state index in [2.05, 4.69) is 0 Å². The number of hydrogen-bond acceptors (Lipinski definition) is 4. The van der Waals surface area contributed by atoms with E-state index in [0.29, 0.717) is 4.57 Å². The second kappa shape index (κ2) is 4.87. The summed E-state index contributed by atoms with van der Waals surface area (Å²) in [5, 5.41) is 1.99. The number of amides is 2. The van der Waals surface area contributed by atoms with Crippen LogP contribution in [0.2, 0.25) is 0 Å². The lowest BCUT2D eigenvalue weighted by molar-refractivity contribution is 0.0880. The van der Waals surface area contributed by atoms with E-state index in [1.165, 1.54) is 6.07 Å². The number of hydrogen-bond donors (Lipinski definition) is 2. The number of fused-ring (bicyclic) bond motifs is 1. The van der Waals surface area contributed by atoms with E-state index in [-0.39, 0.29) is 14.7 Å². The van der Waals surface area contributed by atoms with Gasteiger partial charge < -0.3 is 5.73 Å². The fourth-order valence-electron chi connectivity index (χ4n) is 2.23. The van der Waals surface area contributed by atoms with Crippen LogP contribution in [0.3, 0.4) is 0 Å². The number of nitrogens with zero attached hydrogens (tertiary/aromatic N) is 1. The van der Waals surface area contributed by atoms with Crippen molar-refractivity contribution in [2.24, 2.45) is 0 Å². The molecule has 9 heteroatoms. The molecule has 0 atom stereocenters. The minimum absolute atomic E-state index is 0.185.